The van der Waals surface area contributed by atoms with Gasteiger partial charge in [-0.25, -0.2) is 13.1 Å². The molecule has 0 unspecified atom stereocenters. The molecule has 5 nitrogen and oxygen atoms in total. The van der Waals surface area contributed by atoms with Gasteiger partial charge >= 0.3 is 0 Å². The van der Waals surface area contributed by atoms with E-state index in [0.717, 1.165) is 5.56 Å². The zero-order chi connectivity index (χ0) is 17.7. The van der Waals surface area contributed by atoms with Gasteiger partial charge in [0.15, 0.2) is 11.5 Å². The Bertz CT molecular complexity index is 808. The van der Waals surface area contributed by atoms with Crippen molar-refractivity contribution in [1.82, 2.24) is 4.72 Å². The van der Waals surface area contributed by atoms with Gasteiger partial charge in [-0.1, -0.05) is 29.8 Å². The Labute approximate surface area is 147 Å². The minimum Gasteiger partial charge on any atom is -0.493 e. The van der Waals surface area contributed by atoms with Gasteiger partial charge in [-0.05, 0) is 42.3 Å². The van der Waals surface area contributed by atoms with Crippen molar-refractivity contribution < 1.29 is 17.9 Å². The monoisotopic (exact) mass is 369 g/mol. The maximum absolute atomic E-state index is 12.4. The Morgan fingerprint density at radius 3 is 2.42 bits per heavy atom. The highest BCUT2D eigenvalue weighted by Crippen LogP contribution is 2.30. The van der Waals surface area contributed by atoms with Crippen molar-refractivity contribution in [2.24, 2.45) is 0 Å². The first-order chi connectivity index (χ1) is 11.3. The van der Waals surface area contributed by atoms with Crippen LogP contribution >= 0.6 is 11.6 Å². The number of hydrogen-bond donors (Lipinski definition) is 1. The van der Waals surface area contributed by atoms with Crippen molar-refractivity contribution in [3.63, 3.8) is 0 Å². The van der Waals surface area contributed by atoms with Crippen LogP contribution in [0.4, 0.5) is 0 Å². The lowest BCUT2D eigenvalue weighted by molar-refractivity contribution is 0.354. The van der Waals surface area contributed by atoms with Crippen LogP contribution in [0.15, 0.2) is 42.5 Å². The van der Waals surface area contributed by atoms with Crippen LogP contribution in [0.3, 0.4) is 0 Å². The molecule has 0 bridgehead atoms. The largest absolute Gasteiger partial charge is 0.493 e. The molecule has 0 heterocycles. The second-order valence-electron chi connectivity index (χ2n) is 5.34. The quantitative estimate of drug-likeness (QED) is 0.810. The van der Waals surface area contributed by atoms with Gasteiger partial charge < -0.3 is 9.47 Å². The molecule has 0 saturated heterocycles. The smallest absolute Gasteiger partial charge is 0.216 e. The van der Waals surface area contributed by atoms with E-state index in [2.05, 4.69) is 4.72 Å². The Morgan fingerprint density at radius 1 is 1.08 bits per heavy atom. The second kappa shape index (κ2) is 7.88. The van der Waals surface area contributed by atoms with Crippen molar-refractivity contribution in [1.29, 1.82) is 0 Å². The van der Waals surface area contributed by atoms with E-state index in [1.807, 2.05) is 0 Å². The second-order valence-corrected chi connectivity index (χ2v) is 7.53. The first kappa shape index (κ1) is 18.6. The van der Waals surface area contributed by atoms with E-state index >= 15 is 0 Å². The van der Waals surface area contributed by atoms with Crippen LogP contribution in [-0.2, 0) is 15.8 Å². The summed E-state index contributed by atoms with van der Waals surface area (Å²) in [6, 6.07) is 11.7. The third-order valence-corrected chi connectivity index (χ3v) is 5.17. The lowest BCUT2D eigenvalue weighted by atomic mass is 10.1. The highest BCUT2D eigenvalue weighted by molar-refractivity contribution is 7.88. The molecule has 0 amide bonds. The molecule has 0 aliphatic rings. The summed E-state index contributed by atoms with van der Waals surface area (Å²) in [7, 11) is -0.427. The summed E-state index contributed by atoms with van der Waals surface area (Å²) in [6.07, 6.45) is 0. The van der Waals surface area contributed by atoms with Gasteiger partial charge in [0.05, 0.1) is 20.0 Å². The van der Waals surface area contributed by atoms with E-state index < -0.39 is 16.1 Å². The number of nitrogens with one attached hydrogen (secondary N) is 1. The Hall–Kier alpha value is -1.76. The molecular weight excluding hydrogens is 350 g/mol. The SMILES string of the molecule is COc1ccc([C@H](C)NS(=O)(=O)Cc2cccc(Cl)c2)cc1OC. The molecule has 0 aliphatic heterocycles. The normalized spacial score (nSPS) is 12.7. The van der Waals surface area contributed by atoms with Crippen molar-refractivity contribution in [3.05, 3.63) is 58.6 Å². The van der Waals surface area contributed by atoms with Gasteiger partial charge in [0.1, 0.15) is 0 Å². The summed E-state index contributed by atoms with van der Waals surface area (Å²) in [5, 5.41) is 0.510. The van der Waals surface area contributed by atoms with Gasteiger partial charge in [-0.15, -0.1) is 0 Å². The van der Waals surface area contributed by atoms with Crippen LogP contribution in [0.1, 0.15) is 24.1 Å². The van der Waals surface area contributed by atoms with Crippen LogP contribution in [0.2, 0.25) is 5.02 Å². The molecule has 130 valence electrons. The fraction of sp³-hybridized carbons (Fsp3) is 0.294. The minimum absolute atomic E-state index is 0.134. The van der Waals surface area contributed by atoms with Crippen molar-refractivity contribution >= 4 is 21.6 Å². The minimum atomic E-state index is -3.51. The summed E-state index contributed by atoms with van der Waals surface area (Å²) < 4.78 is 37.8. The molecule has 2 aromatic carbocycles. The van der Waals surface area contributed by atoms with E-state index in [1.54, 1.807) is 56.5 Å². The average Bonchev–Trinajstić information content (AvgIpc) is 2.53. The molecule has 1 atom stereocenters. The molecule has 0 fully saturated rings. The van der Waals surface area contributed by atoms with Crippen molar-refractivity contribution in [2.75, 3.05) is 14.2 Å². The zero-order valence-corrected chi connectivity index (χ0v) is 15.3. The maximum atomic E-state index is 12.4. The van der Waals surface area contributed by atoms with Gasteiger partial charge in [0, 0.05) is 11.1 Å². The van der Waals surface area contributed by atoms with Crippen LogP contribution < -0.4 is 14.2 Å². The summed E-state index contributed by atoms with van der Waals surface area (Å²) >= 11 is 5.90. The number of ether oxygens (including phenoxy) is 2. The van der Waals surface area contributed by atoms with Crippen LogP contribution in [0.5, 0.6) is 11.5 Å². The maximum Gasteiger partial charge on any atom is 0.216 e. The molecule has 0 spiro atoms. The fourth-order valence-corrected chi connectivity index (χ4v) is 3.94. The topological polar surface area (TPSA) is 64.6 Å². The first-order valence-corrected chi connectivity index (χ1v) is 9.34. The van der Waals surface area contributed by atoms with Gasteiger partial charge in [0.2, 0.25) is 10.0 Å². The average molecular weight is 370 g/mol. The zero-order valence-electron chi connectivity index (χ0n) is 13.7. The summed E-state index contributed by atoms with van der Waals surface area (Å²) in [6.45, 7) is 1.77. The molecule has 2 rings (SSSR count). The number of rotatable bonds is 7. The molecule has 0 aliphatic carbocycles. The van der Waals surface area contributed by atoms with Gasteiger partial charge in [-0.2, -0.15) is 0 Å². The number of benzene rings is 2. The lowest BCUT2D eigenvalue weighted by Gasteiger charge is -2.17. The van der Waals surface area contributed by atoms with Crippen molar-refractivity contribution in [3.8, 4) is 11.5 Å². The van der Waals surface area contributed by atoms with E-state index in [0.29, 0.717) is 22.1 Å². The van der Waals surface area contributed by atoms with E-state index in [-0.39, 0.29) is 5.75 Å². The lowest BCUT2D eigenvalue weighted by Crippen LogP contribution is -2.28. The standard InChI is InChI=1S/C17H20ClNO4S/c1-12(14-7-8-16(22-2)17(10-14)23-3)19-24(20,21)11-13-5-4-6-15(18)9-13/h4-10,12,19H,11H2,1-3H3/t12-/m0/s1. The van der Waals surface area contributed by atoms with Crippen molar-refractivity contribution in [2.45, 2.75) is 18.7 Å². The van der Waals surface area contributed by atoms with E-state index in [1.165, 1.54) is 7.11 Å². The number of methoxy groups -OCH3 is 2. The first-order valence-electron chi connectivity index (χ1n) is 7.31. The molecule has 0 radical (unpaired) electrons. The predicted octanol–water partition coefficient (Wildman–Crippen LogP) is 3.54. The van der Waals surface area contributed by atoms with Crippen LogP contribution in [0.25, 0.3) is 0 Å². The third kappa shape index (κ3) is 4.87. The van der Waals surface area contributed by atoms with E-state index in [4.69, 9.17) is 21.1 Å². The number of hydrogen-bond acceptors (Lipinski definition) is 4. The summed E-state index contributed by atoms with van der Waals surface area (Å²) in [5.74, 6) is 1.01. The van der Waals surface area contributed by atoms with Crippen LogP contribution in [-0.4, -0.2) is 22.6 Å². The molecule has 7 heteroatoms. The highest BCUT2D eigenvalue weighted by atomic mass is 35.5. The highest BCUT2D eigenvalue weighted by Gasteiger charge is 2.18. The van der Waals surface area contributed by atoms with E-state index in [9.17, 15) is 8.42 Å². The predicted molar refractivity (Wildman–Crippen MR) is 95.2 cm³/mol. The van der Waals surface area contributed by atoms with Gasteiger partial charge in [-0.3, -0.25) is 0 Å². The molecule has 0 aromatic heterocycles. The van der Waals surface area contributed by atoms with Crippen LogP contribution in [0, 0.1) is 0 Å². The van der Waals surface area contributed by atoms with Gasteiger partial charge in [0.25, 0.3) is 0 Å². The third-order valence-electron chi connectivity index (χ3n) is 3.51. The molecular formula is C17H20ClNO4S. The molecule has 1 N–H and O–H groups in total. The summed E-state index contributed by atoms with van der Waals surface area (Å²) in [5.41, 5.74) is 1.41. The number of sulfonamides is 1. The number of halogens is 1. The molecule has 2 aromatic rings. The Kier molecular flexibility index (Phi) is 6.10. The Morgan fingerprint density at radius 2 is 1.79 bits per heavy atom. The molecule has 0 saturated carbocycles. The summed E-state index contributed by atoms with van der Waals surface area (Å²) in [4.78, 5) is 0. The fourth-order valence-electron chi connectivity index (χ4n) is 2.35. The molecule has 24 heavy (non-hydrogen) atoms. The Balaban J connectivity index is 2.14.